The number of nitrogens with zero attached hydrogens (tertiary/aromatic N) is 2. The summed E-state index contributed by atoms with van der Waals surface area (Å²) in [5.41, 5.74) is -0.647. The number of alkyl halides is 2. The molecule has 1 aliphatic rings. The number of hydrogen-bond donors (Lipinski definition) is 0. The Balaban J connectivity index is 1.71. The highest BCUT2D eigenvalue weighted by Crippen LogP contribution is 2.38. The number of benzene rings is 1. The molecule has 14 heteroatoms. The fourth-order valence-electron chi connectivity index (χ4n) is 3.10. The van der Waals surface area contributed by atoms with Gasteiger partial charge in [0.1, 0.15) is 22.6 Å². The lowest BCUT2D eigenvalue weighted by Gasteiger charge is -2.16. The summed E-state index contributed by atoms with van der Waals surface area (Å²) < 4.78 is 65.3. The molecule has 2 unspecified atom stereocenters. The van der Waals surface area contributed by atoms with Gasteiger partial charge < -0.3 is 23.7 Å². The van der Waals surface area contributed by atoms with E-state index in [0.29, 0.717) is 6.61 Å². The van der Waals surface area contributed by atoms with Gasteiger partial charge in [-0.3, -0.25) is 0 Å². The molecular weight excluding hydrogens is 553 g/mol. The van der Waals surface area contributed by atoms with Gasteiger partial charge in [-0.1, -0.05) is 11.6 Å². The van der Waals surface area contributed by atoms with Crippen LogP contribution in [0, 0.1) is 5.82 Å². The van der Waals surface area contributed by atoms with Gasteiger partial charge in [0.15, 0.2) is 0 Å². The van der Waals surface area contributed by atoms with E-state index in [0.717, 1.165) is 29.7 Å². The summed E-state index contributed by atoms with van der Waals surface area (Å²) in [5, 5.41) is 3.66. The van der Waals surface area contributed by atoms with Crippen LogP contribution in [0.25, 0.3) is 11.3 Å². The molecule has 3 rings (SSSR count). The molecule has 34 heavy (non-hydrogen) atoms. The minimum absolute atomic E-state index is 0.00284. The molecule has 2 aromatic rings. The van der Waals surface area contributed by atoms with Crippen molar-refractivity contribution in [1.82, 2.24) is 9.78 Å². The van der Waals surface area contributed by atoms with Crippen LogP contribution in [0.3, 0.4) is 0 Å². The monoisotopic (exact) mass is 570 g/mol. The molecule has 9 nitrogen and oxygen atoms in total. The van der Waals surface area contributed by atoms with Gasteiger partial charge in [-0.05, 0) is 40.9 Å². The minimum Gasteiger partial charge on any atom is -0.431 e. The maximum Gasteiger partial charge on any atom is 0.511 e. The number of ether oxygens (including phenoxy) is 5. The standard InChI is InChI=1S/C20H19BrClF3N2O7/c1-9(33-20(29)31-8-10-4-3-5-30-10)32-18(28)11-6-12(14(23)7-13(11)22)16-15(21)17(27(2)26-16)34-19(24)25/h6-7,9-10,19H,3-5,8H2,1-2H3. The van der Waals surface area contributed by atoms with E-state index in [1.165, 1.54) is 14.0 Å². The van der Waals surface area contributed by atoms with E-state index in [4.69, 9.17) is 30.5 Å². The van der Waals surface area contributed by atoms with Crippen LogP contribution in [0.5, 0.6) is 5.88 Å². The maximum atomic E-state index is 14.6. The average Bonchev–Trinajstić information content (AvgIpc) is 3.36. The van der Waals surface area contributed by atoms with E-state index >= 15 is 0 Å². The molecule has 1 aromatic heterocycles. The highest BCUT2D eigenvalue weighted by molar-refractivity contribution is 9.10. The molecule has 1 aromatic carbocycles. The molecule has 2 atom stereocenters. The van der Waals surface area contributed by atoms with Crippen molar-refractivity contribution in [3.8, 4) is 17.1 Å². The molecule has 0 bridgehead atoms. The Kier molecular flexibility index (Phi) is 8.66. The third kappa shape index (κ3) is 6.33. The minimum atomic E-state index is -3.14. The van der Waals surface area contributed by atoms with Gasteiger partial charge in [0.2, 0.25) is 12.2 Å². The van der Waals surface area contributed by atoms with Crippen molar-refractivity contribution < 1.29 is 46.4 Å². The lowest BCUT2D eigenvalue weighted by molar-refractivity contribution is -0.0875. The van der Waals surface area contributed by atoms with E-state index in [9.17, 15) is 22.8 Å². The van der Waals surface area contributed by atoms with Crippen molar-refractivity contribution in [1.29, 1.82) is 0 Å². The van der Waals surface area contributed by atoms with Crippen molar-refractivity contribution in [3.05, 3.63) is 33.0 Å². The van der Waals surface area contributed by atoms with Crippen molar-refractivity contribution in [2.75, 3.05) is 13.2 Å². The highest BCUT2D eigenvalue weighted by Gasteiger charge is 2.26. The second-order valence-corrected chi connectivity index (χ2v) is 8.27. The highest BCUT2D eigenvalue weighted by atomic mass is 79.9. The van der Waals surface area contributed by atoms with Crippen LogP contribution in [0.4, 0.5) is 18.0 Å². The Morgan fingerprint density at radius 3 is 2.74 bits per heavy atom. The number of hydrogen-bond acceptors (Lipinski definition) is 8. The lowest BCUT2D eigenvalue weighted by atomic mass is 10.1. The van der Waals surface area contributed by atoms with Crippen LogP contribution in [0.2, 0.25) is 5.02 Å². The normalized spacial score (nSPS) is 16.4. The number of carbonyl (C=O) groups is 2. The van der Waals surface area contributed by atoms with E-state index in [-0.39, 0.29) is 44.9 Å². The van der Waals surface area contributed by atoms with E-state index in [1.807, 2.05) is 0 Å². The zero-order valence-corrected chi connectivity index (χ0v) is 20.2. The Morgan fingerprint density at radius 1 is 1.35 bits per heavy atom. The van der Waals surface area contributed by atoms with Gasteiger partial charge in [-0.2, -0.15) is 13.9 Å². The van der Waals surface area contributed by atoms with Crippen LogP contribution in [-0.4, -0.2) is 54.1 Å². The topological polar surface area (TPSA) is 98.1 Å². The van der Waals surface area contributed by atoms with Crippen molar-refractivity contribution in [2.45, 2.75) is 38.8 Å². The molecule has 1 aliphatic heterocycles. The number of halogens is 5. The van der Waals surface area contributed by atoms with Crippen LogP contribution in [0.15, 0.2) is 16.6 Å². The van der Waals surface area contributed by atoms with E-state index in [1.54, 1.807) is 0 Å². The van der Waals surface area contributed by atoms with Crippen LogP contribution in [0.1, 0.15) is 30.1 Å². The van der Waals surface area contributed by atoms with Crippen LogP contribution < -0.4 is 4.74 Å². The first kappa shape index (κ1) is 26.1. The molecule has 0 radical (unpaired) electrons. The van der Waals surface area contributed by atoms with Gasteiger partial charge in [0.05, 0.1) is 16.7 Å². The number of aromatic nitrogens is 2. The Labute approximate surface area is 205 Å². The third-order valence-corrected chi connectivity index (χ3v) is 5.65. The molecule has 186 valence electrons. The Hall–Kier alpha value is -2.51. The van der Waals surface area contributed by atoms with Crippen LogP contribution >= 0.6 is 27.5 Å². The fourth-order valence-corrected chi connectivity index (χ4v) is 3.97. The summed E-state index contributed by atoms with van der Waals surface area (Å²) in [5.74, 6) is -2.28. The van der Waals surface area contributed by atoms with Crippen molar-refractivity contribution >= 4 is 39.7 Å². The number of esters is 1. The second kappa shape index (κ2) is 11.3. The molecule has 2 heterocycles. The average molecular weight is 572 g/mol. The zero-order valence-electron chi connectivity index (χ0n) is 17.9. The number of carbonyl (C=O) groups excluding carboxylic acids is 2. The summed E-state index contributed by atoms with van der Waals surface area (Å²) in [6.07, 6.45) is -1.01. The largest absolute Gasteiger partial charge is 0.511 e. The van der Waals surface area contributed by atoms with Gasteiger partial charge in [-0.25, -0.2) is 18.7 Å². The summed E-state index contributed by atoms with van der Waals surface area (Å²) in [4.78, 5) is 24.4. The molecule has 1 saturated heterocycles. The summed E-state index contributed by atoms with van der Waals surface area (Å²) in [6.45, 7) is -1.28. The molecule has 0 N–H and O–H groups in total. The summed E-state index contributed by atoms with van der Waals surface area (Å²) >= 11 is 9.04. The molecule has 1 fully saturated rings. The predicted octanol–water partition coefficient (Wildman–Crippen LogP) is 5.08. The van der Waals surface area contributed by atoms with Crippen molar-refractivity contribution in [2.24, 2.45) is 7.05 Å². The SMILES string of the molecule is CC(OC(=O)OCC1CCCO1)OC(=O)c1cc(-c2nn(C)c(OC(F)F)c2Br)c(F)cc1Cl. The lowest BCUT2D eigenvalue weighted by Crippen LogP contribution is -2.25. The fraction of sp³-hybridized carbons (Fsp3) is 0.450. The second-order valence-electron chi connectivity index (χ2n) is 7.07. The van der Waals surface area contributed by atoms with Gasteiger partial charge >= 0.3 is 18.7 Å². The smallest absolute Gasteiger partial charge is 0.431 e. The first-order valence-electron chi connectivity index (χ1n) is 9.89. The molecule has 0 spiro atoms. The quantitative estimate of drug-likeness (QED) is 0.320. The van der Waals surface area contributed by atoms with E-state index in [2.05, 4.69) is 25.8 Å². The molecular formula is C20H19BrClF3N2O7. The molecule has 0 amide bonds. The maximum absolute atomic E-state index is 14.6. The van der Waals surface area contributed by atoms with E-state index < -0.39 is 30.8 Å². The summed E-state index contributed by atoms with van der Waals surface area (Å²) in [6, 6.07) is 1.87. The van der Waals surface area contributed by atoms with Crippen LogP contribution in [-0.2, 0) is 26.0 Å². The zero-order chi connectivity index (χ0) is 25.0. The predicted molar refractivity (Wildman–Crippen MR) is 114 cm³/mol. The van der Waals surface area contributed by atoms with Gasteiger partial charge in [0.25, 0.3) is 0 Å². The molecule has 0 aliphatic carbocycles. The number of rotatable bonds is 8. The molecule has 0 saturated carbocycles. The summed E-state index contributed by atoms with van der Waals surface area (Å²) in [7, 11) is 1.31. The number of aryl methyl sites for hydroxylation is 1. The first-order valence-corrected chi connectivity index (χ1v) is 11.1. The third-order valence-electron chi connectivity index (χ3n) is 4.62. The van der Waals surface area contributed by atoms with Gasteiger partial charge in [0, 0.05) is 26.1 Å². The first-order chi connectivity index (χ1) is 16.1. The van der Waals surface area contributed by atoms with Gasteiger partial charge in [-0.15, -0.1) is 0 Å². The Bertz CT molecular complexity index is 1060. The van der Waals surface area contributed by atoms with Crippen molar-refractivity contribution in [3.63, 3.8) is 0 Å². The Morgan fingerprint density at radius 2 is 2.09 bits per heavy atom.